The number of aromatic amines is 2. The number of H-pyrrole nitrogens is 2. The molecule has 104 valence electrons. The van der Waals surface area contributed by atoms with E-state index in [1.54, 1.807) is 12.3 Å². The summed E-state index contributed by atoms with van der Waals surface area (Å²) in [6.07, 6.45) is 3.03. The summed E-state index contributed by atoms with van der Waals surface area (Å²) in [5, 5.41) is 0. The van der Waals surface area contributed by atoms with Gasteiger partial charge in [0, 0.05) is 22.4 Å². The van der Waals surface area contributed by atoms with Crippen LogP contribution in [0.15, 0.2) is 29.0 Å². The lowest BCUT2D eigenvalue weighted by Gasteiger charge is -2.04. The number of halogens is 1. The summed E-state index contributed by atoms with van der Waals surface area (Å²) in [5.41, 5.74) is 5.38. The Morgan fingerprint density at radius 2 is 1.55 bits per heavy atom. The summed E-state index contributed by atoms with van der Waals surface area (Å²) in [7, 11) is 0. The van der Waals surface area contributed by atoms with Crippen LogP contribution in [-0.4, -0.2) is 27.6 Å². The molecule has 20 heavy (non-hydrogen) atoms. The van der Waals surface area contributed by atoms with Crippen molar-refractivity contribution in [3.63, 3.8) is 0 Å². The van der Waals surface area contributed by atoms with Gasteiger partial charge in [-0.15, -0.1) is 0 Å². The second-order valence-electron chi connectivity index (χ2n) is 4.00. The zero-order valence-electron chi connectivity index (χ0n) is 10.4. The highest BCUT2D eigenvalue weighted by Gasteiger charge is 2.13. The predicted molar refractivity (Wildman–Crippen MR) is 74.2 cm³/mol. The van der Waals surface area contributed by atoms with E-state index in [4.69, 9.17) is 0 Å². The summed E-state index contributed by atoms with van der Waals surface area (Å²) in [6.45, 7) is 1.40. The van der Waals surface area contributed by atoms with Crippen molar-refractivity contribution in [2.75, 3.05) is 0 Å². The number of Topliss-reactive ketones (excluding diaryl/α,β-unsaturated/α-hetero) is 1. The number of hydrazine groups is 1. The predicted octanol–water partition coefficient (Wildman–Crippen LogP) is 1.38. The molecule has 0 aromatic carbocycles. The van der Waals surface area contributed by atoms with Gasteiger partial charge in [0.05, 0.1) is 0 Å². The minimum Gasteiger partial charge on any atom is -0.356 e. The molecule has 2 rings (SSSR count). The van der Waals surface area contributed by atoms with Crippen molar-refractivity contribution in [2.45, 2.75) is 6.92 Å². The lowest BCUT2D eigenvalue weighted by molar-refractivity contribution is 0.0842. The molecule has 2 aromatic heterocycles. The minimum atomic E-state index is -0.545. The molecule has 0 aliphatic rings. The molecule has 0 radical (unpaired) electrons. The van der Waals surface area contributed by atoms with E-state index in [0.717, 1.165) is 4.47 Å². The summed E-state index contributed by atoms with van der Waals surface area (Å²) in [4.78, 5) is 39.9. The Kier molecular flexibility index (Phi) is 4.04. The van der Waals surface area contributed by atoms with Gasteiger partial charge in [0.15, 0.2) is 5.78 Å². The minimum absolute atomic E-state index is 0.152. The number of hydrogen-bond acceptors (Lipinski definition) is 3. The number of ketones is 1. The van der Waals surface area contributed by atoms with Gasteiger partial charge in [-0.05, 0) is 35.0 Å². The lowest BCUT2D eigenvalue weighted by Crippen LogP contribution is -2.41. The Bertz CT molecular complexity index is 674. The number of hydrogen-bond donors (Lipinski definition) is 4. The van der Waals surface area contributed by atoms with Gasteiger partial charge in [0.2, 0.25) is 0 Å². The van der Waals surface area contributed by atoms with E-state index in [9.17, 15) is 14.4 Å². The molecule has 0 saturated carbocycles. The van der Waals surface area contributed by atoms with Gasteiger partial charge in [-0.25, -0.2) is 0 Å². The second kappa shape index (κ2) is 5.74. The van der Waals surface area contributed by atoms with Crippen molar-refractivity contribution in [3.05, 3.63) is 46.0 Å². The van der Waals surface area contributed by atoms with Crippen molar-refractivity contribution in [3.8, 4) is 0 Å². The average molecular weight is 339 g/mol. The third-order valence-corrected chi connectivity index (χ3v) is 2.97. The number of carbonyl (C=O) groups excluding carboxylic acids is 3. The monoisotopic (exact) mass is 338 g/mol. The SMILES string of the molecule is CC(=O)c1c[nH]c(C(=O)NNC(=O)c2cc(Br)c[nH]2)c1. The molecule has 2 heterocycles. The first-order chi connectivity index (χ1) is 9.47. The molecule has 0 saturated heterocycles. The van der Waals surface area contributed by atoms with Crippen LogP contribution >= 0.6 is 15.9 Å². The second-order valence-corrected chi connectivity index (χ2v) is 4.91. The van der Waals surface area contributed by atoms with Gasteiger partial charge in [0.25, 0.3) is 11.8 Å². The summed E-state index contributed by atoms with van der Waals surface area (Å²) < 4.78 is 0.726. The molecule has 4 N–H and O–H groups in total. The largest absolute Gasteiger partial charge is 0.356 e. The molecule has 0 spiro atoms. The van der Waals surface area contributed by atoms with Crippen LogP contribution in [0.3, 0.4) is 0 Å². The molecule has 7 nitrogen and oxygen atoms in total. The summed E-state index contributed by atoms with van der Waals surface area (Å²) in [6, 6.07) is 2.99. The van der Waals surface area contributed by atoms with Crippen LogP contribution in [0.2, 0.25) is 0 Å². The number of amides is 2. The maximum Gasteiger partial charge on any atom is 0.286 e. The van der Waals surface area contributed by atoms with Crippen LogP contribution in [0, 0.1) is 0 Å². The van der Waals surface area contributed by atoms with Crippen LogP contribution in [-0.2, 0) is 0 Å². The molecule has 2 aromatic rings. The molecule has 0 fully saturated rings. The van der Waals surface area contributed by atoms with E-state index in [2.05, 4.69) is 36.7 Å². The zero-order chi connectivity index (χ0) is 14.7. The fourth-order valence-electron chi connectivity index (χ4n) is 1.48. The van der Waals surface area contributed by atoms with Crippen molar-refractivity contribution in [1.29, 1.82) is 0 Å². The molecule has 8 heteroatoms. The average Bonchev–Trinajstić information content (AvgIpc) is 3.04. The smallest absolute Gasteiger partial charge is 0.286 e. The van der Waals surface area contributed by atoms with Crippen molar-refractivity contribution >= 4 is 33.5 Å². The maximum atomic E-state index is 11.7. The third-order valence-electron chi connectivity index (χ3n) is 2.52. The van der Waals surface area contributed by atoms with Gasteiger partial charge in [-0.3, -0.25) is 25.2 Å². The molecule has 0 atom stereocenters. The molecular weight excluding hydrogens is 328 g/mol. The molecule has 2 amide bonds. The molecule has 0 aliphatic heterocycles. The third kappa shape index (κ3) is 3.15. The molecule has 0 aliphatic carbocycles. The molecule has 0 unspecified atom stereocenters. The molecule has 0 bridgehead atoms. The first-order valence-electron chi connectivity index (χ1n) is 5.61. The maximum absolute atomic E-state index is 11.7. The first kappa shape index (κ1) is 14.1. The van der Waals surface area contributed by atoms with Crippen LogP contribution < -0.4 is 10.9 Å². The Morgan fingerprint density at radius 1 is 1.00 bits per heavy atom. The van der Waals surface area contributed by atoms with Crippen LogP contribution in [0.25, 0.3) is 0 Å². The van der Waals surface area contributed by atoms with E-state index in [1.807, 2.05) is 0 Å². The standard InChI is InChI=1S/C12H11BrN4O3/c1-6(18)7-2-9(14-4-7)11(19)16-17-12(20)10-3-8(13)5-15-10/h2-5,14-15H,1H3,(H,16,19)(H,17,20). The van der Waals surface area contributed by atoms with Crippen molar-refractivity contribution in [2.24, 2.45) is 0 Å². The number of carbonyl (C=O) groups is 3. The highest BCUT2D eigenvalue weighted by molar-refractivity contribution is 9.10. The first-order valence-corrected chi connectivity index (χ1v) is 6.40. The Morgan fingerprint density at radius 3 is 2.00 bits per heavy atom. The van der Waals surface area contributed by atoms with E-state index >= 15 is 0 Å². The number of aromatic nitrogens is 2. The fourth-order valence-corrected chi connectivity index (χ4v) is 1.82. The highest BCUT2D eigenvalue weighted by atomic mass is 79.9. The van der Waals surface area contributed by atoms with E-state index in [-0.39, 0.29) is 11.5 Å². The highest BCUT2D eigenvalue weighted by Crippen LogP contribution is 2.10. The fraction of sp³-hybridized carbons (Fsp3) is 0.0833. The van der Waals surface area contributed by atoms with Gasteiger partial charge >= 0.3 is 0 Å². The topological polar surface area (TPSA) is 107 Å². The Balaban J connectivity index is 1.94. The van der Waals surface area contributed by atoms with E-state index in [1.165, 1.54) is 19.2 Å². The van der Waals surface area contributed by atoms with Crippen LogP contribution in [0.1, 0.15) is 38.3 Å². The van der Waals surface area contributed by atoms with Crippen LogP contribution in [0.4, 0.5) is 0 Å². The van der Waals surface area contributed by atoms with Gasteiger partial charge < -0.3 is 9.97 Å². The van der Waals surface area contributed by atoms with Gasteiger partial charge in [0.1, 0.15) is 11.4 Å². The van der Waals surface area contributed by atoms with E-state index < -0.39 is 11.8 Å². The Labute approximate surface area is 122 Å². The number of nitrogens with one attached hydrogen (secondary N) is 4. The quantitative estimate of drug-likeness (QED) is 0.501. The zero-order valence-corrected chi connectivity index (χ0v) is 12.0. The molecular formula is C12H11BrN4O3. The van der Waals surface area contributed by atoms with Crippen LogP contribution in [0.5, 0.6) is 0 Å². The Hall–Kier alpha value is -2.35. The van der Waals surface area contributed by atoms with Gasteiger partial charge in [-0.2, -0.15) is 0 Å². The van der Waals surface area contributed by atoms with Crippen molar-refractivity contribution < 1.29 is 14.4 Å². The van der Waals surface area contributed by atoms with Gasteiger partial charge in [-0.1, -0.05) is 0 Å². The summed E-state index contributed by atoms with van der Waals surface area (Å²) >= 11 is 3.20. The number of rotatable bonds is 3. The normalized spacial score (nSPS) is 10.1. The lowest BCUT2D eigenvalue weighted by atomic mass is 10.2. The summed E-state index contributed by atoms with van der Waals surface area (Å²) in [5.74, 6) is -1.18. The van der Waals surface area contributed by atoms with Crippen molar-refractivity contribution in [1.82, 2.24) is 20.8 Å². The van der Waals surface area contributed by atoms with E-state index in [0.29, 0.717) is 11.3 Å².